The summed E-state index contributed by atoms with van der Waals surface area (Å²) in [6.45, 7) is 0. The second-order valence-electron chi connectivity index (χ2n) is 16.2. The molecule has 288 valence electrons. The van der Waals surface area contributed by atoms with E-state index >= 15 is 0 Å². The highest BCUT2D eigenvalue weighted by atomic mass is 15.0. The van der Waals surface area contributed by atoms with E-state index in [-0.39, 0.29) is 0 Å². The van der Waals surface area contributed by atoms with Crippen LogP contribution in [-0.2, 0) is 0 Å². The molecule has 4 nitrogen and oxygen atoms in total. The van der Waals surface area contributed by atoms with Crippen LogP contribution in [0.25, 0.3) is 121 Å². The van der Waals surface area contributed by atoms with Crippen molar-refractivity contribution in [1.29, 1.82) is 0 Å². The summed E-state index contributed by atoms with van der Waals surface area (Å²) in [6.07, 6.45) is 0. The number of rotatable bonds is 5. The van der Waals surface area contributed by atoms with Gasteiger partial charge < -0.3 is 9.13 Å². The zero-order valence-corrected chi connectivity index (χ0v) is 33.6. The van der Waals surface area contributed by atoms with Crippen LogP contribution in [0.1, 0.15) is 0 Å². The SMILES string of the molecule is c1ccc(-c2cc(-c3ccccc3)nc(-c3cc(-n4c5ccccc5c5cc6c7c8ccccc8ccc7n(-c7cccc8ccccc78)c6cc54)cc4ccccc34)n2)cc1. The second-order valence-corrected chi connectivity index (χ2v) is 16.2. The molecule has 0 saturated carbocycles. The number of para-hydroxylation sites is 1. The number of nitrogens with zero attached hydrogens (tertiary/aromatic N) is 4. The molecule has 0 aliphatic rings. The number of hydrogen-bond acceptors (Lipinski definition) is 2. The summed E-state index contributed by atoms with van der Waals surface area (Å²) < 4.78 is 4.93. The van der Waals surface area contributed by atoms with E-state index in [9.17, 15) is 0 Å². The zero-order chi connectivity index (χ0) is 40.7. The minimum absolute atomic E-state index is 0.689. The monoisotopic (exact) mass is 788 g/mol. The molecule has 0 spiro atoms. The summed E-state index contributed by atoms with van der Waals surface area (Å²) in [5.74, 6) is 0.689. The van der Waals surface area contributed by atoms with Gasteiger partial charge in [0, 0.05) is 49.3 Å². The first-order valence-corrected chi connectivity index (χ1v) is 21.2. The minimum Gasteiger partial charge on any atom is -0.309 e. The van der Waals surface area contributed by atoms with Gasteiger partial charge in [0.2, 0.25) is 0 Å². The molecule has 0 N–H and O–H groups in total. The lowest BCUT2D eigenvalue weighted by atomic mass is 10.0. The van der Waals surface area contributed by atoms with E-state index in [4.69, 9.17) is 9.97 Å². The fraction of sp³-hybridized carbons (Fsp3) is 0. The van der Waals surface area contributed by atoms with Gasteiger partial charge in [-0.2, -0.15) is 0 Å². The van der Waals surface area contributed by atoms with E-state index < -0.39 is 0 Å². The van der Waals surface area contributed by atoms with Crippen LogP contribution in [0.3, 0.4) is 0 Å². The van der Waals surface area contributed by atoms with Gasteiger partial charge in [-0.05, 0) is 75.5 Å². The van der Waals surface area contributed by atoms with Crippen molar-refractivity contribution in [1.82, 2.24) is 19.1 Å². The third kappa shape index (κ3) is 5.27. The largest absolute Gasteiger partial charge is 0.309 e. The van der Waals surface area contributed by atoms with Gasteiger partial charge in [-0.15, -0.1) is 0 Å². The minimum atomic E-state index is 0.689. The summed E-state index contributed by atoms with van der Waals surface area (Å²) in [7, 11) is 0. The smallest absolute Gasteiger partial charge is 0.161 e. The molecule has 13 aromatic rings. The maximum atomic E-state index is 5.33. The molecule has 0 saturated heterocycles. The highest BCUT2D eigenvalue weighted by Crippen LogP contribution is 2.44. The molecular formula is C58H36N4. The van der Waals surface area contributed by atoms with Crippen molar-refractivity contribution in [3.63, 3.8) is 0 Å². The molecule has 4 heteroatoms. The Morgan fingerprint density at radius 1 is 0.306 bits per heavy atom. The average Bonchev–Trinajstić information content (AvgIpc) is 3.85. The van der Waals surface area contributed by atoms with E-state index in [0.29, 0.717) is 5.82 Å². The molecular weight excluding hydrogens is 753 g/mol. The predicted octanol–water partition coefficient (Wildman–Crippen LogP) is 15.1. The molecule has 0 radical (unpaired) electrons. The Bertz CT molecular complexity index is 3850. The van der Waals surface area contributed by atoms with Crippen LogP contribution in [0, 0.1) is 0 Å². The van der Waals surface area contributed by atoms with Gasteiger partial charge in [0.05, 0.1) is 39.1 Å². The summed E-state index contributed by atoms with van der Waals surface area (Å²) in [5, 5.41) is 12.1. The third-order valence-corrected chi connectivity index (χ3v) is 12.7. The van der Waals surface area contributed by atoms with Gasteiger partial charge in [0.25, 0.3) is 0 Å². The highest BCUT2D eigenvalue weighted by Gasteiger charge is 2.22. The molecule has 0 aliphatic heterocycles. The predicted molar refractivity (Wildman–Crippen MR) is 260 cm³/mol. The van der Waals surface area contributed by atoms with Gasteiger partial charge in [0.1, 0.15) is 0 Å². The quantitative estimate of drug-likeness (QED) is 0.174. The summed E-state index contributed by atoms with van der Waals surface area (Å²) in [6, 6.07) is 78.6. The molecule has 13 rings (SSSR count). The van der Waals surface area contributed by atoms with Crippen LogP contribution < -0.4 is 0 Å². The molecule has 0 bridgehead atoms. The van der Waals surface area contributed by atoms with Crippen LogP contribution in [0.5, 0.6) is 0 Å². The Morgan fingerprint density at radius 2 is 0.887 bits per heavy atom. The molecule has 0 aliphatic carbocycles. The molecule has 0 unspecified atom stereocenters. The topological polar surface area (TPSA) is 35.6 Å². The van der Waals surface area contributed by atoms with Crippen molar-refractivity contribution in [2.75, 3.05) is 0 Å². The van der Waals surface area contributed by atoms with Crippen LogP contribution in [0.15, 0.2) is 218 Å². The first-order chi connectivity index (χ1) is 30.7. The Balaban J connectivity index is 1.14. The number of fused-ring (bicyclic) bond motifs is 10. The molecule has 0 atom stereocenters. The fourth-order valence-electron chi connectivity index (χ4n) is 9.88. The van der Waals surface area contributed by atoms with Gasteiger partial charge in [-0.1, -0.05) is 170 Å². The zero-order valence-electron chi connectivity index (χ0n) is 33.6. The number of aromatic nitrogens is 4. The van der Waals surface area contributed by atoms with Gasteiger partial charge >= 0.3 is 0 Å². The number of benzene rings is 10. The fourth-order valence-corrected chi connectivity index (χ4v) is 9.88. The summed E-state index contributed by atoms with van der Waals surface area (Å²) in [4.78, 5) is 10.7. The van der Waals surface area contributed by atoms with Gasteiger partial charge in [0.15, 0.2) is 5.82 Å². The van der Waals surface area contributed by atoms with Crippen molar-refractivity contribution in [2.45, 2.75) is 0 Å². The Kier molecular flexibility index (Phi) is 7.57. The third-order valence-electron chi connectivity index (χ3n) is 12.7. The van der Waals surface area contributed by atoms with E-state index in [2.05, 4.69) is 215 Å². The molecule has 3 aromatic heterocycles. The average molecular weight is 789 g/mol. The van der Waals surface area contributed by atoms with Crippen LogP contribution in [0.4, 0.5) is 0 Å². The van der Waals surface area contributed by atoms with E-state index in [1.807, 2.05) is 12.1 Å². The van der Waals surface area contributed by atoms with Crippen molar-refractivity contribution in [3.05, 3.63) is 218 Å². The van der Waals surface area contributed by atoms with Crippen LogP contribution in [0.2, 0.25) is 0 Å². The standard InChI is InChI=1S/C58H36N4/c1-3-18-39(19-4-1)50-35-51(40-20-5-2-6-21-40)60-58(59-50)48-33-42(32-41-22-9-10-24-43(41)48)61-53-28-14-13-27-46(53)47-34-49-56(36-55(47)61)62(52-29-15-23-37-16-7-11-25-44(37)52)54-31-30-38-17-8-12-26-45(38)57(49)54/h1-36H. The lowest BCUT2D eigenvalue weighted by Gasteiger charge is -2.15. The lowest BCUT2D eigenvalue weighted by molar-refractivity contribution is 1.16. The lowest BCUT2D eigenvalue weighted by Crippen LogP contribution is -2.00. The first kappa shape index (κ1) is 34.5. The van der Waals surface area contributed by atoms with Gasteiger partial charge in [-0.25, -0.2) is 9.97 Å². The molecule has 0 fully saturated rings. The van der Waals surface area contributed by atoms with Crippen molar-refractivity contribution in [3.8, 4) is 45.3 Å². The molecule has 3 heterocycles. The Labute approximate surface area is 357 Å². The van der Waals surface area contributed by atoms with E-state index in [1.54, 1.807) is 0 Å². The highest BCUT2D eigenvalue weighted by molar-refractivity contribution is 6.25. The Morgan fingerprint density at radius 3 is 1.63 bits per heavy atom. The van der Waals surface area contributed by atoms with Gasteiger partial charge in [-0.3, -0.25) is 0 Å². The van der Waals surface area contributed by atoms with E-state index in [0.717, 1.165) is 66.8 Å². The molecule has 62 heavy (non-hydrogen) atoms. The van der Waals surface area contributed by atoms with E-state index in [1.165, 1.54) is 48.6 Å². The normalized spacial score (nSPS) is 11.9. The summed E-state index contributed by atoms with van der Waals surface area (Å²) >= 11 is 0. The second kappa shape index (κ2) is 13.6. The van der Waals surface area contributed by atoms with Crippen LogP contribution >= 0.6 is 0 Å². The first-order valence-electron chi connectivity index (χ1n) is 21.2. The molecule has 0 amide bonds. The Hall–Kier alpha value is -8.34. The maximum Gasteiger partial charge on any atom is 0.161 e. The van der Waals surface area contributed by atoms with Crippen molar-refractivity contribution >= 4 is 75.9 Å². The number of hydrogen-bond donors (Lipinski definition) is 0. The van der Waals surface area contributed by atoms with Crippen molar-refractivity contribution < 1.29 is 0 Å². The van der Waals surface area contributed by atoms with Crippen LogP contribution in [-0.4, -0.2) is 19.1 Å². The summed E-state index contributed by atoms with van der Waals surface area (Å²) in [5.41, 5.74) is 11.7. The molecule has 10 aromatic carbocycles. The maximum absolute atomic E-state index is 5.33. The van der Waals surface area contributed by atoms with Crippen molar-refractivity contribution in [2.24, 2.45) is 0 Å².